The predicted octanol–water partition coefficient (Wildman–Crippen LogP) is 4.61. The summed E-state index contributed by atoms with van der Waals surface area (Å²) in [4.78, 5) is 25.1. The van der Waals surface area contributed by atoms with Gasteiger partial charge in [0.05, 0.1) is 5.57 Å². The number of halogens is 9. The van der Waals surface area contributed by atoms with Gasteiger partial charge in [0.15, 0.2) is 5.82 Å². The highest BCUT2D eigenvalue weighted by Gasteiger charge is 2.39. The average Bonchev–Trinajstić information content (AvgIpc) is 3.24. The number of carbonyl (C=O) groups is 1. The number of anilines is 1. The first kappa shape index (κ1) is 27.3. The van der Waals surface area contributed by atoms with Crippen molar-refractivity contribution in [3.8, 4) is 11.4 Å². The molecular formula is C19H12F9N7O2. The van der Waals surface area contributed by atoms with E-state index in [0.29, 0.717) is 4.68 Å². The molecule has 3 aromatic rings. The molecule has 9 nitrogen and oxygen atoms in total. The van der Waals surface area contributed by atoms with Crippen LogP contribution < -0.4 is 5.32 Å². The Bertz CT molecular complexity index is 1280. The van der Waals surface area contributed by atoms with Crippen LogP contribution in [0.1, 0.15) is 23.9 Å². The minimum absolute atomic E-state index is 0.211. The molecule has 1 atom stereocenters. The molecule has 0 saturated carbocycles. The zero-order chi connectivity index (χ0) is 27.8. The summed E-state index contributed by atoms with van der Waals surface area (Å²) in [5.74, 6) is -2.66. The number of nitrogens with one attached hydrogen (secondary N) is 1. The Morgan fingerprint density at radius 2 is 1.51 bits per heavy atom. The number of pyridine rings is 1. The van der Waals surface area contributed by atoms with Crippen molar-refractivity contribution in [2.45, 2.75) is 31.5 Å². The molecule has 0 fully saturated rings. The molecule has 0 unspecified atom stereocenters. The van der Waals surface area contributed by atoms with E-state index in [-0.39, 0.29) is 17.7 Å². The van der Waals surface area contributed by atoms with Crippen molar-refractivity contribution in [1.29, 1.82) is 0 Å². The van der Waals surface area contributed by atoms with Crippen LogP contribution >= 0.6 is 0 Å². The molecular weight excluding hydrogens is 529 g/mol. The van der Waals surface area contributed by atoms with Gasteiger partial charge in [0.25, 0.3) is 0 Å². The molecule has 0 bridgehead atoms. The minimum atomic E-state index is -5.21. The SMILES string of the molecule is C[C@@H](Nc1ncc(/C(=C\n2cnc(-c3cc(C(F)(F)F)nc(C(F)(F)F)c3)n2)C(=O)O)cn1)C(F)(F)F. The van der Waals surface area contributed by atoms with E-state index in [1.807, 2.05) is 5.32 Å². The lowest BCUT2D eigenvalue weighted by Gasteiger charge is -2.16. The molecule has 0 amide bonds. The monoisotopic (exact) mass is 541 g/mol. The molecule has 0 aliphatic heterocycles. The summed E-state index contributed by atoms with van der Waals surface area (Å²) in [5.41, 5.74) is -5.18. The summed E-state index contributed by atoms with van der Waals surface area (Å²) in [6.07, 6.45) is -11.7. The van der Waals surface area contributed by atoms with Crippen LogP contribution in [0.5, 0.6) is 0 Å². The molecule has 0 radical (unpaired) electrons. The number of nitrogens with zero attached hydrogens (tertiary/aromatic N) is 6. The summed E-state index contributed by atoms with van der Waals surface area (Å²) in [6, 6.07) is -1.43. The molecule has 3 heterocycles. The smallest absolute Gasteiger partial charge is 0.433 e. The van der Waals surface area contributed by atoms with Crippen LogP contribution in [0.15, 0.2) is 30.9 Å². The van der Waals surface area contributed by atoms with Crippen LogP contribution in [0.2, 0.25) is 0 Å². The van der Waals surface area contributed by atoms with Crippen molar-refractivity contribution >= 4 is 23.7 Å². The van der Waals surface area contributed by atoms with Crippen LogP contribution in [-0.2, 0) is 17.1 Å². The summed E-state index contributed by atoms with van der Waals surface area (Å²) in [5, 5.41) is 15.1. The minimum Gasteiger partial charge on any atom is -0.478 e. The number of carboxylic acids is 1. The fourth-order valence-electron chi connectivity index (χ4n) is 2.62. The van der Waals surface area contributed by atoms with Crippen molar-refractivity contribution in [1.82, 2.24) is 29.7 Å². The molecule has 0 saturated heterocycles. The molecule has 2 N–H and O–H groups in total. The Labute approximate surface area is 199 Å². The number of alkyl halides is 9. The maximum absolute atomic E-state index is 13.0. The van der Waals surface area contributed by atoms with Gasteiger partial charge in [-0.1, -0.05) is 0 Å². The van der Waals surface area contributed by atoms with Gasteiger partial charge in [0.1, 0.15) is 23.8 Å². The third-order valence-corrected chi connectivity index (χ3v) is 4.46. The average molecular weight is 541 g/mol. The lowest BCUT2D eigenvalue weighted by Crippen LogP contribution is -2.33. The van der Waals surface area contributed by atoms with E-state index in [9.17, 15) is 49.4 Å². The van der Waals surface area contributed by atoms with Gasteiger partial charge in [0, 0.05) is 29.7 Å². The van der Waals surface area contributed by atoms with E-state index in [0.717, 1.165) is 31.8 Å². The van der Waals surface area contributed by atoms with E-state index in [4.69, 9.17) is 0 Å². The van der Waals surface area contributed by atoms with Crippen molar-refractivity contribution in [3.63, 3.8) is 0 Å². The lowest BCUT2D eigenvalue weighted by molar-refractivity contribution is -0.150. The zero-order valence-corrected chi connectivity index (χ0v) is 18.0. The second-order valence-corrected chi connectivity index (χ2v) is 7.22. The van der Waals surface area contributed by atoms with Crippen LogP contribution in [0.3, 0.4) is 0 Å². The Balaban J connectivity index is 1.95. The zero-order valence-electron chi connectivity index (χ0n) is 18.0. The fraction of sp³-hybridized carbons (Fsp3) is 0.263. The molecule has 0 aliphatic carbocycles. The number of carboxylic acid groups (broad SMARTS) is 1. The van der Waals surface area contributed by atoms with Gasteiger partial charge in [0.2, 0.25) is 5.95 Å². The van der Waals surface area contributed by atoms with Crippen LogP contribution in [-0.4, -0.2) is 53.0 Å². The van der Waals surface area contributed by atoms with Crippen LogP contribution in [0.4, 0.5) is 45.5 Å². The van der Waals surface area contributed by atoms with Gasteiger partial charge in [-0.25, -0.2) is 29.4 Å². The maximum atomic E-state index is 13.0. The van der Waals surface area contributed by atoms with Gasteiger partial charge in [-0.15, -0.1) is 5.10 Å². The van der Waals surface area contributed by atoms with Crippen molar-refractivity contribution < 1.29 is 49.4 Å². The third kappa shape index (κ3) is 6.70. The molecule has 0 aliphatic rings. The molecule has 0 aromatic carbocycles. The van der Waals surface area contributed by atoms with E-state index in [1.165, 1.54) is 0 Å². The lowest BCUT2D eigenvalue weighted by atomic mass is 10.1. The fourth-order valence-corrected chi connectivity index (χ4v) is 2.62. The Morgan fingerprint density at radius 1 is 0.973 bits per heavy atom. The first-order valence-electron chi connectivity index (χ1n) is 9.64. The second-order valence-electron chi connectivity index (χ2n) is 7.22. The quantitative estimate of drug-likeness (QED) is 0.343. The van der Waals surface area contributed by atoms with Crippen LogP contribution in [0.25, 0.3) is 23.2 Å². The Hall–Kier alpha value is -4.25. The van der Waals surface area contributed by atoms with Gasteiger partial charge in [-0.05, 0) is 19.1 Å². The van der Waals surface area contributed by atoms with Gasteiger partial charge < -0.3 is 10.4 Å². The van der Waals surface area contributed by atoms with E-state index < -0.39 is 64.8 Å². The van der Waals surface area contributed by atoms with E-state index >= 15 is 0 Å². The van der Waals surface area contributed by atoms with E-state index in [2.05, 4.69) is 25.0 Å². The van der Waals surface area contributed by atoms with E-state index in [1.54, 1.807) is 0 Å². The van der Waals surface area contributed by atoms with Crippen molar-refractivity contribution in [3.05, 3.63) is 47.8 Å². The number of aromatic nitrogens is 6. The topological polar surface area (TPSA) is 119 Å². The predicted molar refractivity (Wildman–Crippen MR) is 106 cm³/mol. The van der Waals surface area contributed by atoms with Crippen molar-refractivity contribution in [2.24, 2.45) is 0 Å². The summed E-state index contributed by atoms with van der Waals surface area (Å²) in [7, 11) is 0. The first-order valence-corrected chi connectivity index (χ1v) is 9.64. The Morgan fingerprint density at radius 3 is 1.97 bits per heavy atom. The molecule has 3 rings (SSSR count). The second kappa shape index (κ2) is 9.66. The standard InChI is InChI=1S/C19H12F9N7O2/c1-8(17(20,21)22)32-16-29-4-10(5-30-16)11(15(36)37)6-35-7-31-14(34-35)9-2-12(18(23,24)25)33-13(3-9)19(26,27)28/h2-8H,1H3,(H,36,37)(H,29,30,32)/b11-6+/t8-/m1/s1. The molecule has 0 spiro atoms. The van der Waals surface area contributed by atoms with Gasteiger partial charge >= 0.3 is 24.5 Å². The summed E-state index contributed by atoms with van der Waals surface area (Å²) >= 11 is 0. The Kier molecular flexibility index (Phi) is 7.14. The van der Waals surface area contributed by atoms with Crippen LogP contribution in [0, 0.1) is 0 Å². The largest absolute Gasteiger partial charge is 0.478 e. The number of hydrogen-bond acceptors (Lipinski definition) is 7. The number of rotatable bonds is 6. The third-order valence-electron chi connectivity index (χ3n) is 4.46. The summed E-state index contributed by atoms with van der Waals surface area (Å²) in [6.45, 7) is 0.806. The van der Waals surface area contributed by atoms with Gasteiger partial charge in [-0.2, -0.15) is 39.5 Å². The first-order chi connectivity index (χ1) is 16.9. The normalized spacial score (nSPS) is 13.9. The number of hydrogen-bond donors (Lipinski definition) is 2. The van der Waals surface area contributed by atoms with Crippen molar-refractivity contribution in [2.75, 3.05) is 5.32 Å². The highest BCUT2D eigenvalue weighted by Crippen LogP contribution is 2.35. The highest BCUT2D eigenvalue weighted by molar-refractivity contribution is 6.19. The van der Waals surface area contributed by atoms with Gasteiger partial charge in [-0.3, -0.25) is 0 Å². The highest BCUT2D eigenvalue weighted by atomic mass is 19.4. The molecule has 198 valence electrons. The summed E-state index contributed by atoms with van der Waals surface area (Å²) < 4.78 is 117. The maximum Gasteiger partial charge on any atom is 0.433 e. The number of aliphatic carboxylic acids is 1. The molecule has 3 aromatic heterocycles. The molecule has 18 heteroatoms. The molecule has 37 heavy (non-hydrogen) atoms.